The fourth-order valence-electron chi connectivity index (χ4n) is 3.07. The maximum atomic E-state index is 6.18. The zero-order valence-electron chi connectivity index (χ0n) is 13.1. The molecule has 1 N–H and O–H groups in total. The quantitative estimate of drug-likeness (QED) is 0.611. The lowest BCUT2D eigenvalue weighted by Gasteiger charge is -2.30. The van der Waals surface area contributed by atoms with Gasteiger partial charge in [0.15, 0.2) is 0 Å². The van der Waals surface area contributed by atoms with Crippen molar-refractivity contribution in [2.75, 3.05) is 6.54 Å². The van der Waals surface area contributed by atoms with E-state index in [1.165, 1.54) is 55.4 Å². The highest BCUT2D eigenvalue weighted by molar-refractivity contribution is 7.16. The van der Waals surface area contributed by atoms with Crippen LogP contribution in [0.1, 0.15) is 75.8 Å². The Hall–Kier alpha value is -0.0500. The molecule has 1 atom stereocenters. The van der Waals surface area contributed by atoms with E-state index in [1.807, 2.05) is 0 Å². The molecule has 114 valence electrons. The van der Waals surface area contributed by atoms with Gasteiger partial charge in [-0.1, -0.05) is 51.6 Å². The molecule has 0 aliphatic heterocycles. The van der Waals surface area contributed by atoms with Crippen LogP contribution in [-0.2, 0) is 6.42 Å². The minimum Gasteiger partial charge on any atom is -0.309 e. The Labute approximate surface area is 133 Å². The average molecular weight is 314 g/mol. The molecule has 0 fully saturated rings. The largest absolute Gasteiger partial charge is 0.309 e. The Kier molecular flexibility index (Phi) is 5.95. The maximum absolute atomic E-state index is 6.18. The van der Waals surface area contributed by atoms with E-state index in [2.05, 4.69) is 32.2 Å². The summed E-state index contributed by atoms with van der Waals surface area (Å²) in [6.45, 7) is 8.16. The molecule has 1 aromatic heterocycles. The van der Waals surface area contributed by atoms with Gasteiger partial charge in [-0.3, -0.25) is 0 Å². The van der Waals surface area contributed by atoms with Crippen LogP contribution in [0, 0.1) is 5.41 Å². The second-order valence-electron chi connectivity index (χ2n) is 6.88. The van der Waals surface area contributed by atoms with E-state index in [-0.39, 0.29) is 0 Å². The van der Waals surface area contributed by atoms with Crippen LogP contribution in [0.15, 0.2) is 6.07 Å². The Morgan fingerprint density at radius 2 is 2.20 bits per heavy atom. The first-order chi connectivity index (χ1) is 9.52. The molecule has 0 saturated heterocycles. The zero-order valence-corrected chi connectivity index (χ0v) is 14.7. The van der Waals surface area contributed by atoms with Crippen molar-refractivity contribution in [1.29, 1.82) is 0 Å². The molecule has 3 heteroatoms. The van der Waals surface area contributed by atoms with Gasteiger partial charge in [-0.05, 0) is 42.7 Å². The molecule has 1 heterocycles. The summed E-state index contributed by atoms with van der Waals surface area (Å²) in [6.07, 6.45) is 9.09. The highest BCUT2D eigenvalue weighted by Gasteiger charge is 2.25. The molecule has 1 aliphatic carbocycles. The number of hydrogen-bond acceptors (Lipinski definition) is 2. The lowest BCUT2D eigenvalue weighted by molar-refractivity contribution is 0.280. The second-order valence-corrected chi connectivity index (χ2v) is 8.64. The lowest BCUT2D eigenvalue weighted by atomic mass is 9.85. The van der Waals surface area contributed by atoms with E-state index in [0.29, 0.717) is 11.5 Å². The third kappa shape index (κ3) is 4.47. The van der Waals surface area contributed by atoms with E-state index in [1.54, 1.807) is 11.3 Å². The summed E-state index contributed by atoms with van der Waals surface area (Å²) >= 11 is 7.95. The Morgan fingerprint density at radius 1 is 1.40 bits per heavy atom. The molecule has 1 nitrogen and oxygen atoms in total. The number of rotatable bonds is 7. The van der Waals surface area contributed by atoms with Gasteiger partial charge in [0.25, 0.3) is 0 Å². The molecular formula is C17H28ClNS. The first-order valence-corrected chi connectivity index (χ1v) is 9.23. The number of nitrogens with one attached hydrogen (secondary N) is 1. The number of hydrogen-bond donors (Lipinski definition) is 1. The maximum Gasteiger partial charge on any atom is 0.0934 e. The summed E-state index contributed by atoms with van der Waals surface area (Å²) in [5.41, 5.74) is 1.86. The Balaban J connectivity index is 1.88. The molecule has 0 amide bonds. The second kappa shape index (κ2) is 7.29. The molecule has 20 heavy (non-hydrogen) atoms. The predicted molar refractivity (Wildman–Crippen MR) is 90.9 cm³/mol. The summed E-state index contributed by atoms with van der Waals surface area (Å²) in [6, 6.07) is 2.70. The van der Waals surface area contributed by atoms with Crippen LogP contribution in [-0.4, -0.2) is 6.54 Å². The van der Waals surface area contributed by atoms with E-state index >= 15 is 0 Å². The van der Waals surface area contributed by atoms with Crippen molar-refractivity contribution >= 4 is 22.9 Å². The summed E-state index contributed by atoms with van der Waals surface area (Å²) in [4.78, 5) is 1.50. The van der Waals surface area contributed by atoms with Gasteiger partial charge in [-0.25, -0.2) is 0 Å². The minimum atomic E-state index is 0.395. The zero-order chi connectivity index (χ0) is 14.6. The topological polar surface area (TPSA) is 12.0 Å². The van der Waals surface area contributed by atoms with Crippen molar-refractivity contribution in [2.24, 2.45) is 5.41 Å². The van der Waals surface area contributed by atoms with Gasteiger partial charge in [0.2, 0.25) is 0 Å². The highest BCUT2D eigenvalue weighted by Crippen LogP contribution is 2.38. The van der Waals surface area contributed by atoms with Gasteiger partial charge in [-0.2, -0.15) is 0 Å². The van der Waals surface area contributed by atoms with Crippen molar-refractivity contribution in [2.45, 2.75) is 71.8 Å². The SMILES string of the molecule is CCCCCC(C)(C)CNC1CCCc2sc(Cl)cc21. The number of aryl methyl sites for hydroxylation is 1. The summed E-state index contributed by atoms with van der Waals surface area (Å²) < 4.78 is 0.950. The minimum absolute atomic E-state index is 0.395. The molecule has 0 spiro atoms. The number of unbranched alkanes of at least 4 members (excludes halogenated alkanes) is 2. The van der Waals surface area contributed by atoms with Crippen LogP contribution in [0.3, 0.4) is 0 Å². The summed E-state index contributed by atoms with van der Waals surface area (Å²) in [7, 11) is 0. The van der Waals surface area contributed by atoms with E-state index < -0.39 is 0 Å². The van der Waals surface area contributed by atoms with Gasteiger partial charge in [-0.15, -0.1) is 11.3 Å². The van der Waals surface area contributed by atoms with Gasteiger partial charge >= 0.3 is 0 Å². The molecular weight excluding hydrogens is 286 g/mol. The summed E-state index contributed by atoms with van der Waals surface area (Å²) in [5, 5.41) is 3.81. The first-order valence-electron chi connectivity index (χ1n) is 8.03. The van der Waals surface area contributed by atoms with E-state index in [4.69, 9.17) is 11.6 Å². The van der Waals surface area contributed by atoms with Crippen molar-refractivity contribution in [3.63, 3.8) is 0 Å². The summed E-state index contributed by atoms with van der Waals surface area (Å²) in [5.74, 6) is 0. The number of halogens is 1. The van der Waals surface area contributed by atoms with Crippen LogP contribution in [0.25, 0.3) is 0 Å². The third-order valence-corrected chi connectivity index (χ3v) is 5.71. The molecule has 1 aromatic rings. The van der Waals surface area contributed by atoms with Crippen molar-refractivity contribution in [1.82, 2.24) is 5.32 Å². The molecule has 0 bridgehead atoms. The third-order valence-electron chi connectivity index (χ3n) is 4.37. The van der Waals surface area contributed by atoms with Crippen LogP contribution >= 0.6 is 22.9 Å². The lowest BCUT2D eigenvalue weighted by Crippen LogP contribution is -2.33. The molecule has 1 unspecified atom stereocenters. The monoisotopic (exact) mass is 313 g/mol. The van der Waals surface area contributed by atoms with Gasteiger partial charge < -0.3 is 5.32 Å². The standard InChI is InChI=1S/C17H28ClNS/c1-4-5-6-10-17(2,3)12-19-14-8-7-9-15-13(14)11-16(18)20-15/h11,14,19H,4-10,12H2,1-3H3. The number of thiophene rings is 1. The highest BCUT2D eigenvalue weighted by atomic mass is 35.5. The molecule has 1 aliphatic rings. The van der Waals surface area contributed by atoms with Crippen molar-refractivity contribution < 1.29 is 0 Å². The molecule has 0 aromatic carbocycles. The predicted octanol–water partition coefficient (Wildman–Crippen LogP) is 5.98. The first kappa shape index (κ1) is 16.3. The fraction of sp³-hybridized carbons (Fsp3) is 0.765. The van der Waals surface area contributed by atoms with Gasteiger partial charge in [0, 0.05) is 17.5 Å². The molecule has 2 rings (SSSR count). The van der Waals surface area contributed by atoms with E-state index in [0.717, 1.165) is 10.9 Å². The van der Waals surface area contributed by atoms with Crippen LogP contribution in [0.2, 0.25) is 4.34 Å². The van der Waals surface area contributed by atoms with Crippen molar-refractivity contribution in [3.05, 3.63) is 20.8 Å². The van der Waals surface area contributed by atoms with Crippen LogP contribution in [0.4, 0.5) is 0 Å². The average Bonchev–Trinajstić information content (AvgIpc) is 2.77. The van der Waals surface area contributed by atoms with Crippen LogP contribution < -0.4 is 5.32 Å². The normalized spacial score (nSPS) is 19.1. The Bertz CT molecular complexity index is 425. The fourth-order valence-corrected chi connectivity index (χ4v) is 4.46. The van der Waals surface area contributed by atoms with E-state index in [9.17, 15) is 0 Å². The smallest absolute Gasteiger partial charge is 0.0934 e. The van der Waals surface area contributed by atoms with Crippen LogP contribution in [0.5, 0.6) is 0 Å². The van der Waals surface area contributed by atoms with Gasteiger partial charge in [0.1, 0.15) is 0 Å². The molecule has 0 radical (unpaired) electrons. The number of fused-ring (bicyclic) bond motifs is 1. The van der Waals surface area contributed by atoms with Gasteiger partial charge in [0.05, 0.1) is 4.34 Å². The molecule has 0 saturated carbocycles. The Morgan fingerprint density at radius 3 is 2.95 bits per heavy atom. The van der Waals surface area contributed by atoms with Crippen molar-refractivity contribution in [3.8, 4) is 0 Å².